The van der Waals surface area contributed by atoms with Crippen LogP contribution < -0.4 is 15.4 Å². The van der Waals surface area contributed by atoms with Crippen LogP contribution in [0.15, 0.2) is 48.7 Å². The molecule has 2 aromatic carbocycles. The lowest BCUT2D eigenvalue weighted by atomic mass is 9.90. The number of aromatic nitrogens is 1. The number of carbonyl (C=O) groups excluding carboxylic acids is 1. The highest BCUT2D eigenvalue weighted by atomic mass is 16.5. The van der Waals surface area contributed by atoms with Crippen LogP contribution >= 0.6 is 0 Å². The van der Waals surface area contributed by atoms with Crippen molar-refractivity contribution in [2.24, 2.45) is 5.73 Å². The van der Waals surface area contributed by atoms with Crippen molar-refractivity contribution < 1.29 is 9.53 Å². The Morgan fingerprint density at radius 1 is 1.09 bits per heavy atom. The fraction of sp³-hybridized carbons (Fsp3) is 0.464. The molecule has 1 amide bonds. The summed E-state index contributed by atoms with van der Waals surface area (Å²) in [4.78, 5) is 16.9. The van der Waals surface area contributed by atoms with E-state index in [1.54, 1.807) is 0 Å². The van der Waals surface area contributed by atoms with Crippen LogP contribution in [-0.4, -0.2) is 48.7 Å². The van der Waals surface area contributed by atoms with Crippen LogP contribution in [0.1, 0.15) is 67.0 Å². The van der Waals surface area contributed by atoms with Crippen LogP contribution in [0.25, 0.3) is 10.9 Å². The van der Waals surface area contributed by atoms with Gasteiger partial charge in [0.1, 0.15) is 5.75 Å². The first-order valence-corrected chi connectivity index (χ1v) is 12.7. The van der Waals surface area contributed by atoms with Gasteiger partial charge in [-0.25, -0.2) is 0 Å². The number of fused-ring (bicyclic) bond motifs is 1. The van der Waals surface area contributed by atoms with E-state index in [1.807, 2.05) is 25.3 Å². The minimum absolute atomic E-state index is 0.278. The molecule has 2 atom stereocenters. The molecule has 180 valence electrons. The van der Waals surface area contributed by atoms with Crippen LogP contribution in [0, 0.1) is 0 Å². The van der Waals surface area contributed by atoms with Gasteiger partial charge in [-0.1, -0.05) is 25.1 Å². The molecule has 0 aliphatic carbocycles. The first-order valence-electron chi connectivity index (χ1n) is 12.7. The molecule has 2 N–H and O–H groups in total. The maximum Gasteiger partial charge on any atom is 0.248 e. The summed E-state index contributed by atoms with van der Waals surface area (Å²) in [5.41, 5.74) is 9.73. The first kappa shape index (κ1) is 22.8. The van der Waals surface area contributed by atoms with Crippen molar-refractivity contribution in [2.75, 3.05) is 38.2 Å². The van der Waals surface area contributed by atoms with Gasteiger partial charge < -0.3 is 19.9 Å². The molecule has 2 fully saturated rings. The Bertz CT molecular complexity index is 1160. The molecule has 2 aliphatic rings. The Balaban J connectivity index is 1.50. The van der Waals surface area contributed by atoms with E-state index in [-0.39, 0.29) is 11.9 Å². The number of ether oxygens (including phenoxy) is 1. The number of rotatable bonds is 6. The summed E-state index contributed by atoms with van der Waals surface area (Å²) in [7, 11) is 1.81. The standard InChI is InChI=1S/C28H36N4O2/c1-3-30-16-13-22(32-17-12-20-10-11-21(28(29)33)18-25(20)32)19-26(30)23-8-7-9-24(27(23)34-2)31-14-5-4-6-15-31/h7-12,17-18,22,26H,3-6,13-16,19H2,1-2H3,(H2,29,33)/t22-,26-/m0/s1. The predicted octanol–water partition coefficient (Wildman–Crippen LogP) is 5.14. The van der Waals surface area contributed by atoms with Gasteiger partial charge >= 0.3 is 0 Å². The molecule has 2 saturated heterocycles. The van der Waals surface area contributed by atoms with Crippen LogP contribution in [0.2, 0.25) is 0 Å². The number of nitrogens with two attached hydrogens (primary N) is 1. The second kappa shape index (κ2) is 9.71. The number of carbonyl (C=O) groups is 1. The smallest absolute Gasteiger partial charge is 0.248 e. The molecule has 0 unspecified atom stereocenters. The zero-order chi connectivity index (χ0) is 23.7. The van der Waals surface area contributed by atoms with E-state index in [0.29, 0.717) is 11.6 Å². The van der Waals surface area contributed by atoms with Gasteiger partial charge in [0, 0.05) is 54.6 Å². The number of primary amides is 1. The van der Waals surface area contributed by atoms with E-state index in [2.05, 4.69) is 51.8 Å². The number of methoxy groups -OCH3 is 1. The molecule has 3 heterocycles. The lowest BCUT2D eigenvalue weighted by Gasteiger charge is -2.41. The Hall–Kier alpha value is -2.99. The second-order valence-electron chi connectivity index (χ2n) is 9.63. The van der Waals surface area contributed by atoms with Crippen molar-refractivity contribution in [2.45, 2.75) is 51.1 Å². The third-order valence-corrected chi connectivity index (χ3v) is 7.78. The van der Waals surface area contributed by atoms with Gasteiger partial charge in [0.05, 0.1) is 12.8 Å². The van der Waals surface area contributed by atoms with Gasteiger partial charge in [-0.2, -0.15) is 0 Å². The molecule has 0 bridgehead atoms. The number of amides is 1. The second-order valence-corrected chi connectivity index (χ2v) is 9.63. The molecule has 3 aromatic rings. The minimum Gasteiger partial charge on any atom is -0.494 e. The summed E-state index contributed by atoms with van der Waals surface area (Å²) in [6, 6.07) is 15.2. The molecular formula is C28H36N4O2. The fourth-order valence-corrected chi connectivity index (χ4v) is 5.98. The van der Waals surface area contributed by atoms with E-state index in [9.17, 15) is 4.79 Å². The summed E-state index contributed by atoms with van der Waals surface area (Å²) in [5.74, 6) is 0.648. The summed E-state index contributed by atoms with van der Waals surface area (Å²) < 4.78 is 8.44. The SMILES string of the molecule is CCN1CC[C@H](n2ccc3ccc(C(N)=O)cc32)C[C@H]1c1cccc(N2CCCCC2)c1OC. The number of anilines is 1. The number of hydrogen-bond donors (Lipinski definition) is 1. The maximum absolute atomic E-state index is 11.8. The Kier molecular flexibility index (Phi) is 6.50. The van der Waals surface area contributed by atoms with Crippen molar-refractivity contribution in [1.29, 1.82) is 0 Å². The van der Waals surface area contributed by atoms with Gasteiger partial charge in [0.15, 0.2) is 0 Å². The largest absolute Gasteiger partial charge is 0.494 e. The van der Waals surface area contributed by atoms with Gasteiger partial charge in [-0.3, -0.25) is 9.69 Å². The number of hydrogen-bond acceptors (Lipinski definition) is 4. The monoisotopic (exact) mass is 460 g/mol. The average Bonchev–Trinajstić information content (AvgIpc) is 3.31. The Labute approximate surface area is 202 Å². The molecule has 6 nitrogen and oxygen atoms in total. The highest BCUT2D eigenvalue weighted by Crippen LogP contribution is 2.44. The van der Waals surface area contributed by atoms with E-state index < -0.39 is 0 Å². The molecule has 0 saturated carbocycles. The van der Waals surface area contributed by atoms with E-state index in [1.165, 1.54) is 30.5 Å². The normalized spacial score (nSPS) is 21.6. The lowest BCUT2D eigenvalue weighted by molar-refractivity contribution is 0.1000. The topological polar surface area (TPSA) is 63.7 Å². The zero-order valence-corrected chi connectivity index (χ0v) is 20.4. The van der Waals surface area contributed by atoms with Gasteiger partial charge in [0.2, 0.25) is 5.91 Å². The summed E-state index contributed by atoms with van der Waals surface area (Å²) in [5, 5.41) is 1.14. The van der Waals surface area contributed by atoms with E-state index in [0.717, 1.165) is 55.7 Å². The van der Waals surface area contributed by atoms with Gasteiger partial charge in [-0.15, -0.1) is 0 Å². The summed E-state index contributed by atoms with van der Waals surface area (Å²) in [6.07, 6.45) is 8.04. The van der Waals surface area contributed by atoms with Crippen molar-refractivity contribution >= 4 is 22.5 Å². The molecule has 6 heteroatoms. The van der Waals surface area contributed by atoms with Crippen LogP contribution in [0.4, 0.5) is 5.69 Å². The molecule has 34 heavy (non-hydrogen) atoms. The van der Waals surface area contributed by atoms with Crippen LogP contribution in [0.3, 0.4) is 0 Å². The lowest BCUT2D eigenvalue weighted by Crippen LogP contribution is -2.38. The minimum atomic E-state index is -0.382. The van der Waals surface area contributed by atoms with Crippen molar-refractivity contribution in [3.05, 3.63) is 59.8 Å². The summed E-state index contributed by atoms with van der Waals surface area (Å²) >= 11 is 0. The highest BCUT2D eigenvalue weighted by molar-refractivity contribution is 5.97. The Morgan fingerprint density at radius 2 is 1.91 bits per heavy atom. The molecule has 2 aliphatic heterocycles. The van der Waals surface area contributed by atoms with Crippen LogP contribution in [0.5, 0.6) is 5.75 Å². The average molecular weight is 461 g/mol. The maximum atomic E-state index is 11.8. The third-order valence-electron chi connectivity index (χ3n) is 7.78. The van der Waals surface area contributed by atoms with Crippen molar-refractivity contribution in [3.63, 3.8) is 0 Å². The molecule has 0 spiro atoms. The van der Waals surface area contributed by atoms with Crippen LogP contribution in [-0.2, 0) is 0 Å². The number of benzene rings is 2. The molecule has 0 radical (unpaired) electrons. The Morgan fingerprint density at radius 3 is 2.65 bits per heavy atom. The van der Waals surface area contributed by atoms with Crippen molar-refractivity contribution in [1.82, 2.24) is 9.47 Å². The number of nitrogens with zero attached hydrogens (tertiary/aromatic N) is 3. The quantitative estimate of drug-likeness (QED) is 0.553. The first-order chi connectivity index (χ1) is 16.6. The third kappa shape index (κ3) is 4.16. The van der Waals surface area contributed by atoms with E-state index in [4.69, 9.17) is 10.5 Å². The number of likely N-dealkylation sites (tertiary alicyclic amines) is 1. The van der Waals surface area contributed by atoms with Gasteiger partial charge in [-0.05, 0) is 68.3 Å². The number of para-hydroxylation sites is 1. The molecule has 5 rings (SSSR count). The molecular weight excluding hydrogens is 424 g/mol. The predicted molar refractivity (Wildman–Crippen MR) is 138 cm³/mol. The zero-order valence-electron chi connectivity index (χ0n) is 20.4. The summed E-state index contributed by atoms with van der Waals surface area (Å²) in [6.45, 7) is 6.48. The highest BCUT2D eigenvalue weighted by Gasteiger charge is 2.33. The van der Waals surface area contributed by atoms with E-state index >= 15 is 0 Å². The number of piperidine rings is 2. The fourth-order valence-electron chi connectivity index (χ4n) is 5.98. The van der Waals surface area contributed by atoms with Crippen molar-refractivity contribution in [3.8, 4) is 5.75 Å². The molecule has 1 aromatic heterocycles. The van der Waals surface area contributed by atoms with Gasteiger partial charge in [0.25, 0.3) is 0 Å².